The van der Waals surface area contributed by atoms with Crippen LogP contribution >= 0.6 is 11.6 Å². The molecule has 2 heterocycles. The number of rotatable bonds is 5. The highest BCUT2D eigenvalue weighted by Crippen LogP contribution is 2.21. The van der Waals surface area contributed by atoms with Crippen LogP contribution in [0.4, 0.5) is 0 Å². The number of carbonyl (C=O) groups excluding carboxylic acids is 1. The van der Waals surface area contributed by atoms with E-state index in [0.717, 1.165) is 42.9 Å². The third-order valence-corrected chi connectivity index (χ3v) is 5.20. The van der Waals surface area contributed by atoms with E-state index < -0.39 is 0 Å². The Labute approximate surface area is 159 Å². The minimum Gasteiger partial charge on any atom is -0.379 e. The number of benzene rings is 1. The fourth-order valence-electron chi connectivity index (χ4n) is 3.46. The molecular formula is C20H26ClN3O2. The van der Waals surface area contributed by atoms with Crippen LogP contribution in [0, 0.1) is 12.8 Å². The molecular weight excluding hydrogens is 350 g/mol. The summed E-state index contributed by atoms with van der Waals surface area (Å²) >= 11 is 6.07. The monoisotopic (exact) mass is 375 g/mol. The van der Waals surface area contributed by atoms with Crippen molar-refractivity contribution in [2.75, 3.05) is 32.8 Å². The summed E-state index contributed by atoms with van der Waals surface area (Å²) in [4.78, 5) is 19.7. The van der Waals surface area contributed by atoms with Crippen molar-refractivity contribution in [3.63, 3.8) is 0 Å². The second-order valence-electron chi connectivity index (χ2n) is 7.13. The zero-order valence-corrected chi connectivity index (χ0v) is 16.3. The number of halogens is 1. The van der Waals surface area contributed by atoms with E-state index in [1.807, 2.05) is 31.2 Å². The number of morpholine rings is 1. The Morgan fingerprint density at radius 3 is 2.73 bits per heavy atom. The van der Waals surface area contributed by atoms with Gasteiger partial charge in [0.1, 0.15) is 0 Å². The number of nitrogens with one attached hydrogen (secondary N) is 1. The van der Waals surface area contributed by atoms with Crippen LogP contribution in [0.3, 0.4) is 0 Å². The molecule has 0 bridgehead atoms. The molecule has 2 aromatic rings. The zero-order valence-electron chi connectivity index (χ0n) is 15.6. The lowest BCUT2D eigenvalue weighted by Gasteiger charge is -2.36. The van der Waals surface area contributed by atoms with E-state index in [9.17, 15) is 4.79 Å². The van der Waals surface area contributed by atoms with E-state index in [-0.39, 0.29) is 5.91 Å². The van der Waals surface area contributed by atoms with Crippen molar-refractivity contribution in [2.24, 2.45) is 5.92 Å². The van der Waals surface area contributed by atoms with Gasteiger partial charge >= 0.3 is 0 Å². The largest absolute Gasteiger partial charge is 0.379 e. The van der Waals surface area contributed by atoms with E-state index in [2.05, 4.69) is 29.0 Å². The molecule has 1 aliphatic rings. The Kier molecular flexibility index (Phi) is 6.12. The molecule has 1 N–H and O–H groups in total. The molecule has 1 aliphatic heterocycles. The second-order valence-corrected chi connectivity index (χ2v) is 7.56. The standard InChI is InChI=1S/C20H26ClN3O2/c1-13(2)19(24-6-8-26-9-7-24)12-22-20(25)17-11-15-10-16(21)4-5-18(15)23-14(17)3/h4-5,10-11,13,19H,6-9,12H2,1-3H3,(H,22,25). The highest BCUT2D eigenvalue weighted by atomic mass is 35.5. The SMILES string of the molecule is Cc1nc2ccc(Cl)cc2cc1C(=O)NCC(C(C)C)N1CCOCC1. The number of hydrogen-bond donors (Lipinski definition) is 1. The fraction of sp³-hybridized carbons (Fsp3) is 0.500. The minimum absolute atomic E-state index is 0.0872. The first-order valence-corrected chi connectivity index (χ1v) is 9.50. The maximum Gasteiger partial charge on any atom is 0.253 e. The van der Waals surface area contributed by atoms with Crippen LogP contribution in [-0.4, -0.2) is 54.7 Å². The lowest BCUT2D eigenvalue weighted by atomic mass is 10.0. The van der Waals surface area contributed by atoms with Gasteiger partial charge in [0.05, 0.1) is 30.0 Å². The number of nitrogens with zero attached hydrogens (tertiary/aromatic N) is 2. The van der Waals surface area contributed by atoms with Crippen LogP contribution in [0.2, 0.25) is 5.02 Å². The first-order valence-electron chi connectivity index (χ1n) is 9.12. The van der Waals surface area contributed by atoms with Gasteiger partial charge in [-0.05, 0) is 37.1 Å². The Morgan fingerprint density at radius 1 is 1.31 bits per heavy atom. The molecule has 5 nitrogen and oxygen atoms in total. The normalized spacial score (nSPS) is 16.8. The summed E-state index contributed by atoms with van der Waals surface area (Å²) in [7, 11) is 0. The third-order valence-electron chi connectivity index (χ3n) is 4.97. The summed E-state index contributed by atoms with van der Waals surface area (Å²) in [6.07, 6.45) is 0. The second kappa shape index (κ2) is 8.33. The minimum atomic E-state index is -0.0872. The van der Waals surface area contributed by atoms with Gasteiger partial charge in [-0.1, -0.05) is 25.4 Å². The van der Waals surface area contributed by atoms with Crippen molar-refractivity contribution < 1.29 is 9.53 Å². The molecule has 1 fully saturated rings. The van der Waals surface area contributed by atoms with Gasteiger partial charge in [-0.3, -0.25) is 14.7 Å². The van der Waals surface area contributed by atoms with Gasteiger partial charge < -0.3 is 10.1 Å². The van der Waals surface area contributed by atoms with Gasteiger partial charge in [-0.25, -0.2) is 0 Å². The molecule has 0 aliphatic carbocycles. The molecule has 0 radical (unpaired) electrons. The van der Waals surface area contributed by atoms with Gasteiger partial charge in [0.15, 0.2) is 0 Å². The molecule has 0 saturated carbocycles. The quantitative estimate of drug-likeness (QED) is 0.871. The number of hydrogen-bond acceptors (Lipinski definition) is 4. The van der Waals surface area contributed by atoms with Crippen LogP contribution in [0.25, 0.3) is 10.9 Å². The molecule has 1 unspecified atom stereocenters. The first-order chi connectivity index (χ1) is 12.5. The first kappa shape index (κ1) is 19.1. The zero-order chi connectivity index (χ0) is 18.7. The maximum atomic E-state index is 12.8. The Bertz CT molecular complexity index is 788. The van der Waals surface area contributed by atoms with Crippen molar-refractivity contribution in [2.45, 2.75) is 26.8 Å². The number of aromatic nitrogens is 1. The lowest BCUT2D eigenvalue weighted by molar-refractivity contribution is 0.00672. The van der Waals surface area contributed by atoms with E-state index in [0.29, 0.717) is 29.1 Å². The van der Waals surface area contributed by atoms with Gasteiger partial charge in [0.25, 0.3) is 5.91 Å². The van der Waals surface area contributed by atoms with Crippen LogP contribution in [0.5, 0.6) is 0 Å². The molecule has 6 heteroatoms. The molecule has 1 saturated heterocycles. The highest BCUT2D eigenvalue weighted by Gasteiger charge is 2.24. The average Bonchev–Trinajstić information content (AvgIpc) is 2.62. The number of amides is 1. The summed E-state index contributed by atoms with van der Waals surface area (Å²) in [5, 5.41) is 4.62. The Hall–Kier alpha value is -1.69. The van der Waals surface area contributed by atoms with Crippen molar-refractivity contribution >= 4 is 28.4 Å². The number of ether oxygens (including phenoxy) is 1. The molecule has 0 spiro atoms. The predicted octanol–water partition coefficient (Wildman–Crippen LogP) is 3.28. The Balaban J connectivity index is 1.74. The average molecular weight is 376 g/mol. The van der Waals surface area contributed by atoms with Crippen LogP contribution in [0.1, 0.15) is 29.9 Å². The summed E-state index contributed by atoms with van der Waals surface area (Å²) in [6.45, 7) is 10.2. The van der Waals surface area contributed by atoms with Crippen LogP contribution < -0.4 is 5.32 Å². The summed E-state index contributed by atoms with van der Waals surface area (Å²) < 4.78 is 5.44. The van der Waals surface area contributed by atoms with Crippen molar-refractivity contribution in [3.05, 3.63) is 40.5 Å². The molecule has 1 aromatic heterocycles. The van der Waals surface area contributed by atoms with E-state index >= 15 is 0 Å². The number of pyridine rings is 1. The van der Waals surface area contributed by atoms with E-state index in [4.69, 9.17) is 16.3 Å². The highest BCUT2D eigenvalue weighted by molar-refractivity contribution is 6.31. The van der Waals surface area contributed by atoms with Gasteiger partial charge in [0.2, 0.25) is 0 Å². The Morgan fingerprint density at radius 2 is 2.04 bits per heavy atom. The van der Waals surface area contributed by atoms with E-state index in [1.165, 1.54) is 0 Å². The summed E-state index contributed by atoms with van der Waals surface area (Å²) in [5.41, 5.74) is 2.17. The molecule has 1 atom stereocenters. The third kappa shape index (κ3) is 4.34. The topological polar surface area (TPSA) is 54.5 Å². The van der Waals surface area contributed by atoms with Crippen molar-refractivity contribution in [1.29, 1.82) is 0 Å². The smallest absolute Gasteiger partial charge is 0.253 e. The summed E-state index contributed by atoms with van der Waals surface area (Å²) in [5.74, 6) is 0.360. The maximum absolute atomic E-state index is 12.8. The van der Waals surface area contributed by atoms with Crippen molar-refractivity contribution in [3.8, 4) is 0 Å². The van der Waals surface area contributed by atoms with Crippen LogP contribution in [0.15, 0.2) is 24.3 Å². The number of aryl methyl sites for hydroxylation is 1. The number of fused-ring (bicyclic) bond motifs is 1. The lowest BCUT2D eigenvalue weighted by Crippen LogP contribution is -2.51. The molecule has 1 aromatic carbocycles. The molecule has 3 rings (SSSR count). The molecule has 140 valence electrons. The van der Waals surface area contributed by atoms with Gasteiger partial charge in [-0.15, -0.1) is 0 Å². The predicted molar refractivity (Wildman–Crippen MR) is 105 cm³/mol. The van der Waals surface area contributed by atoms with Crippen molar-refractivity contribution in [1.82, 2.24) is 15.2 Å². The fourth-order valence-corrected chi connectivity index (χ4v) is 3.64. The van der Waals surface area contributed by atoms with E-state index in [1.54, 1.807) is 0 Å². The summed E-state index contributed by atoms with van der Waals surface area (Å²) in [6, 6.07) is 7.69. The van der Waals surface area contributed by atoms with Gasteiger partial charge in [-0.2, -0.15) is 0 Å². The molecule has 26 heavy (non-hydrogen) atoms. The van der Waals surface area contributed by atoms with Crippen LogP contribution in [-0.2, 0) is 4.74 Å². The van der Waals surface area contributed by atoms with Gasteiger partial charge in [0, 0.05) is 36.1 Å². The number of carbonyl (C=O) groups is 1. The molecule has 1 amide bonds.